The number of aromatic nitrogens is 1. The van der Waals surface area contributed by atoms with Crippen molar-refractivity contribution in [3.63, 3.8) is 0 Å². The molecule has 4 N–H and O–H groups in total. The Morgan fingerprint density at radius 1 is 1.27 bits per heavy atom. The summed E-state index contributed by atoms with van der Waals surface area (Å²) in [6.45, 7) is 1.95. The molecule has 0 spiro atoms. The van der Waals surface area contributed by atoms with E-state index in [1.54, 1.807) is 24.5 Å². The number of hydrogen-bond donors (Lipinski definition) is 3. The van der Waals surface area contributed by atoms with Crippen LogP contribution < -0.4 is 11.1 Å². The molecule has 0 fully saturated rings. The highest BCUT2D eigenvalue weighted by atomic mass is 19.1. The Kier molecular flexibility index (Phi) is 4.93. The molecule has 22 heavy (non-hydrogen) atoms. The number of nitrogens with one attached hydrogen (secondary N) is 2. The van der Waals surface area contributed by atoms with Crippen LogP contribution in [0.1, 0.15) is 21.5 Å². The number of aryl methyl sites for hydroxylation is 1. The fraction of sp³-hybridized carbons (Fsp3) is 0.250. The summed E-state index contributed by atoms with van der Waals surface area (Å²) in [5, 5.41) is 2.71. The van der Waals surface area contributed by atoms with Gasteiger partial charge in [-0.1, -0.05) is 12.1 Å². The van der Waals surface area contributed by atoms with Crippen LogP contribution in [0.5, 0.6) is 0 Å². The molecule has 1 heterocycles. The monoisotopic (exact) mass is 303 g/mol. The number of benzene rings is 1. The summed E-state index contributed by atoms with van der Waals surface area (Å²) in [7, 11) is 0. The van der Waals surface area contributed by atoms with Crippen molar-refractivity contribution in [3.05, 3.63) is 59.2 Å². The first kappa shape index (κ1) is 15.8. The minimum absolute atomic E-state index is 0.135. The smallest absolute Gasteiger partial charge is 0.253 e. The summed E-state index contributed by atoms with van der Waals surface area (Å²) in [4.78, 5) is 26.4. The lowest BCUT2D eigenvalue weighted by Gasteiger charge is -2.14. The minimum Gasteiger partial charge on any atom is -0.369 e. The number of aromatic amines is 1. The van der Waals surface area contributed by atoms with Crippen molar-refractivity contribution in [3.8, 4) is 0 Å². The molecule has 0 bridgehead atoms. The van der Waals surface area contributed by atoms with E-state index in [2.05, 4.69) is 10.3 Å². The number of halogens is 1. The molecule has 0 aliphatic carbocycles. The highest BCUT2D eigenvalue weighted by Crippen LogP contribution is 2.10. The molecule has 0 aliphatic rings. The number of hydrogen-bond acceptors (Lipinski definition) is 2. The van der Waals surface area contributed by atoms with Gasteiger partial charge in [-0.15, -0.1) is 0 Å². The van der Waals surface area contributed by atoms with Crippen molar-refractivity contribution in [2.24, 2.45) is 11.7 Å². The molecular formula is C16H18FN3O2. The Bertz CT molecular complexity index is 664. The summed E-state index contributed by atoms with van der Waals surface area (Å²) >= 11 is 0. The normalized spacial score (nSPS) is 11.9. The van der Waals surface area contributed by atoms with Crippen molar-refractivity contribution < 1.29 is 14.0 Å². The summed E-state index contributed by atoms with van der Waals surface area (Å²) in [6, 6.07) is 5.86. The Labute approximate surface area is 127 Å². The van der Waals surface area contributed by atoms with Crippen LogP contribution in [0.15, 0.2) is 36.7 Å². The SMILES string of the molecule is Cc1c[nH]cc1C(=O)NC[C@@H](Cc1ccc(F)cc1)C(N)=O. The van der Waals surface area contributed by atoms with Crippen LogP contribution in [0.2, 0.25) is 0 Å². The molecule has 1 atom stereocenters. The van der Waals surface area contributed by atoms with Crippen LogP contribution in [-0.2, 0) is 11.2 Å². The molecule has 0 unspecified atom stereocenters. The lowest BCUT2D eigenvalue weighted by Crippen LogP contribution is -2.37. The molecule has 0 radical (unpaired) electrons. The first-order valence-electron chi connectivity index (χ1n) is 6.92. The van der Waals surface area contributed by atoms with E-state index >= 15 is 0 Å². The molecule has 5 nitrogen and oxygen atoms in total. The molecule has 1 aromatic heterocycles. The third-order valence-corrected chi connectivity index (χ3v) is 3.50. The average molecular weight is 303 g/mol. The van der Waals surface area contributed by atoms with Gasteiger partial charge in [0.15, 0.2) is 0 Å². The molecule has 0 saturated carbocycles. The lowest BCUT2D eigenvalue weighted by atomic mass is 9.98. The Hall–Kier alpha value is -2.63. The van der Waals surface area contributed by atoms with E-state index in [1.807, 2.05) is 6.92 Å². The highest BCUT2D eigenvalue weighted by Gasteiger charge is 2.18. The van der Waals surface area contributed by atoms with E-state index in [-0.39, 0.29) is 18.3 Å². The van der Waals surface area contributed by atoms with Crippen molar-refractivity contribution in [1.82, 2.24) is 10.3 Å². The van der Waals surface area contributed by atoms with Gasteiger partial charge in [0.25, 0.3) is 5.91 Å². The summed E-state index contributed by atoms with van der Waals surface area (Å²) in [5.74, 6) is -1.65. The standard InChI is InChI=1S/C16H18FN3O2/c1-10-7-19-9-14(10)16(22)20-8-12(15(18)21)6-11-2-4-13(17)5-3-11/h2-5,7,9,12,19H,6,8H2,1H3,(H2,18,21)(H,20,22)/t12-/m1/s1. The molecule has 0 aliphatic heterocycles. The van der Waals surface area contributed by atoms with Crippen molar-refractivity contribution in [2.45, 2.75) is 13.3 Å². The number of primary amides is 1. The number of H-pyrrole nitrogens is 1. The summed E-state index contributed by atoms with van der Waals surface area (Å²) in [5.41, 5.74) is 7.53. The Morgan fingerprint density at radius 3 is 2.50 bits per heavy atom. The average Bonchev–Trinajstić information content (AvgIpc) is 2.91. The van der Waals surface area contributed by atoms with Gasteiger partial charge in [0.05, 0.1) is 11.5 Å². The number of amides is 2. The molecule has 2 rings (SSSR count). The number of carbonyl (C=O) groups excluding carboxylic acids is 2. The second-order valence-corrected chi connectivity index (χ2v) is 5.19. The van der Waals surface area contributed by atoms with Crippen LogP contribution in [-0.4, -0.2) is 23.3 Å². The molecule has 1 aromatic carbocycles. The maximum atomic E-state index is 12.9. The van der Waals surface area contributed by atoms with E-state index < -0.39 is 11.8 Å². The van der Waals surface area contributed by atoms with Crippen molar-refractivity contribution in [1.29, 1.82) is 0 Å². The van der Waals surface area contributed by atoms with Crippen LogP contribution in [0, 0.1) is 18.7 Å². The molecule has 2 aromatic rings. The van der Waals surface area contributed by atoms with Gasteiger partial charge >= 0.3 is 0 Å². The molecule has 0 saturated heterocycles. The lowest BCUT2D eigenvalue weighted by molar-refractivity contribution is -0.121. The largest absolute Gasteiger partial charge is 0.369 e. The molecule has 116 valence electrons. The minimum atomic E-state index is -0.548. The first-order chi connectivity index (χ1) is 10.5. The van der Waals surface area contributed by atoms with Gasteiger partial charge in [-0.05, 0) is 36.6 Å². The fourth-order valence-electron chi connectivity index (χ4n) is 2.18. The van der Waals surface area contributed by atoms with Crippen LogP contribution >= 0.6 is 0 Å². The zero-order valence-corrected chi connectivity index (χ0v) is 12.2. The van der Waals surface area contributed by atoms with E-state index in [9.17, 15) is 14.0 Å². The van der Waals surface area contributed by atoms with E-state index in [4.69, 9.17) is 5.73 Å². The van der Waals surface area contributed by atoms with Gasteiger partial charge < -0.3 is 16.0 Å². The third kappa shape index (κ3) is 3.94. The zero-order chi connectivity index (χ0) is 16.1. The quantitative estimate of drug-likeness (QED) is 0.755. The van der Waals surface area contributed by atoms with Gasteiger partial charge in [-0.2, -0.15) is 0 Å². The second kappa shape index (κ2) is 6.89. The third-order valence-electron chi connectivity index (χ3n) is 3.50. The van der Waals surface area contributed by atoms with Crippen molar-refractivity contribution in [2.75, 3.05) is 6.54 Å². The summed E-state index contributed by atoms with van der Waals surface area (Å²) < 4.78 is 12.9. The number of nitrogens with two attached hydrogens (primary N) is 1. The Balaban J connectivity index is 1.97. The van der Waals surface area contributed by atoms with Gasteiger partial charge in [0.2, 0.25) is 5.91 Å². The Morgan fingerprint density at radius 2 is 1.95 bits per heavy atom. The van der Waals surface area contributed by atoms with Gasteiger partial charge in [-0.3, -0.25) is 9.59 Å². The fourth-order valence-corrected chi connectivity index (χ4v) is 2.18. The summed E-state index contributed by atoms with van der Waals surface area (Å²) in [6.07, 6.45) is 3.67. The van der Waals surface area contributed by atoms with Crippen molar-refractivity contribution >= 4 is 11.8 Å². The second-order valence-electron chi connectivity index (χ2n) is 5.19. The van der Waals surface area contributed by atoms with E-state index in [0.29, 0.717) is 12.0 Å². The van der Waals surface area contributed by atoms with Crippen LogP contribution in [0.25, 0.3) is 0 Å². The van der Waals surface area contributed by atoms with E-state index in [1.165, 1.54) is 12.1 Å². The molecular weight excluding hydrogens is 285 g/mol. The zero-order valence-electron chi connectivity index (χ0n) is 12.2. The predicted molar refractivity (Wildman–Crippen MR) is 80.7 cm³/mol. The molecule has 2 amide bonds. The maximum absolute atomic E-state index is 12.9. The first-order valence-corrected chi connectivity index (χ1v) is 6.92. The molecule has 6 heteroatoms. The maximum Gasteiger partial charge on any atom is 0.253 e. The van der Waals surface area contributed by atoms with E-state index in [0.717, 1.165) is 11.1 Å². The van der Waals surface area contributed by atoms with Crippen LogP contribution in [0.3, 0.4) is 0 Å². The van der Waals surface area contributed by atoms with Gasteiger partial charge in [0, 0.05) is 18.9 Å². The number of rotatable bonds is 6. The topological polar surface area (TPSA) is 88.0 Å². The van der Waals surface area contributed by atoms with Crippen LogP contribution in [0.4, 0.5) is 4.39 Å². The predicted octanol–water partition coefficient (Wildman–Crippen LogP) is 1.54. The van der Waals surface area contributed by atoms with Gasteiger partial charge in [-0.25, -0.2) is 4.39 Å². The number of carbonyl (C=O) groups is 2. The van der Waals surface area contributed by atoms with Gasteiger partial charge in [0.1, 0.15) is 5.82 Å². The highest BCUT2D eigenvalue weighted by molar-refractivity contribution is 5.95.